The summed E-state index contributed by atoms with van der Waals surface area (Å²) in [5, 5.41) is 13.7. The first-order chi connectivity index (χ1) is 15.8. The average Bonchev–Trinajstić information content (AvgIpc) is 2.95. The Morgan fingerprint density at radius 2 is 1.64 bits per heavy atom. The first-order valence-electron chi connectivity index (χ1n) is 10.6. The predicted octanol–water partition coefficient (Wildman–Crippen LogP) is 4.17. The van der Waals surface area contributed by atoms with Crippen molar-refractivity contribution in [2.45, 2.75) is 12.8 Å². The summed E-state index contributed by atoms with van der Waals surface area (Å²) < 4.78 is 0. The molecule has 168 valence electrons. The quantitative estimate of drug-likeness (QED) is 0.471. The van der Waals surface area contributed by atoms with Gasteiger partial charge in [0, 0.05) is 23.4 Å². The van der Waals surface area contributed by atoms with Crippen LogP contribution in [0.5, 0.6) is 0 Å². The number of benzene rings is 3. The predicted molar refractivity (Wildman–Crippen MR) is 127 cm³/mol. The van der Waals surface area contributed by atoms with E-state index in [2.05, 4.69) is 5.32 Å². The summed E-state index contributed by atoms with van der Waals surface area (Å²) >= 11 is 0. The molecule has 0 aromatic heterocycles. The molecule has 1 heterocycles. The molecule has 0 aliphatic carbocycles. The number of nitro benzene ring substituents is 1. The van der Waals surface area contributed by atoms with Crippen LogP contribution in [0, 0.1) is 10.1 Å². The van der Waals surface area contributed by atoms with Crippen molar-refractivity contribution < 1.29 is 14.5 Å². The standard InChI is InChI=1S/C25H24N4O4/c1-27(2)16-24(30)28-22-6-4-3-5-17(22)7-8-18-9-12-20(15-23(18)28)26-25(31)19-10-13-21(14-11-19)29(32)33/h3-6,9-15H,7-8,16H2,1-2H3,(H,26,31). The maximum absolute atomic E-state index is 13.3. The highest BCUT2D eigenvalue weighted by molar-refractivity contribution is 6.06. The van der Waals surface area contributed by atoms with E-state index in [-0.39, 0.29) is 24.0 Å². The monoisotopic (exact) mass is 444 g/mol. The molecule has 8 heteroatoms. The summed E-state index contributed by atoms with van der Waals surface area (Å²) in [6.07, 6.45) is 1.58. The first kappa shape index (κ1) is 22.2. The number of hydrogen-bond acceptors (Lipinski definition) is 5. The number of amides is 2. The van der Waals surface area contributed by atoms with Crippen LogP contribution in [-0.4, -0.2) is 42.3 Å². The number of para-hydroxylation sites is 1. The number of carbonyl (C=O) groups excluding carboxylic acids is 2. The molecule has 33 heavy (non-hydrogen) atoms. The molecule has 0 atom stereocenters. The van der Waals surface area contributed by atoms with Crippen LogP contribution in [0.15, 0.2) is 66.7 Å². The molecule has 0 unspecified atom stereocenters. The fraction of sp³-hybridized carbons (Fsp3) is 0.200. The Bertz CT molecular complexity index is 1220. The van der Waals surface area contributed by atoms with Crippen LogP contribution in [0.25, 0.3) is 0 Å². The van der Waals surface area contributed by atoms with Gasteiger partial charge >= 0.3 is 0 Å². The van der Waals surface area contributed by atoms with Gasteiger partial charge in [0.25, 0.3) is 11.6 Å². The highest BCUT2D eigenvalue weighted by Gasteiger charge is 2.26. The molecule has 4 rings (SSSR count). The Hall–Kier alpha value is -4.04. The van der Waals surface area contributed by atoms with Crippen LogP contribution in [0.3, 0.4) is 0 Å². The molecule has 0 radical (unpaired) electrons. The van der Waals surface area contributed by atoms with Crippen LogP contribution in [0.1, 0.15) is 21.5 Å². The Kier molecular flexibility index (Phi) is 6.19. The lowest BCUT2D eigenvalue weighted by Gasteiger charge is -2.27. The van der Waals surface area contributed by atoms with E-state index in [1.54, 1.807) is 4.90 Å². The fourth-order valence-corrected chi connectivity index (χ4v) is 3.95. The average molecular weight is 444 g/mol. The van der Waals surface area contributed by atoms with Gasteiger partial charge in [-0.25, -0.2) is 0 Å². The van der Waals surface area contributed by atoms with E-state index in [9.17, 15) is 19.7 Å². The van der Waals surface area contributed by atoms with Gasteiger partial charge in [-0.2, -0.15) is 0 Å². The molecule has 3 aromatic carbocycles. The number of fused-ring (bicyclic) bond motifs is 2. The van der Waals surface area contributed by atoms with Crippen molar-refractivity contribution in [3.05, 3.63) is 93.5 Å². The molecule has 0 saturated carbocycles. The Morgan fingerprint density at radius 3 is 2.30 bits per heavy atom. The summed E-state index contributed by atoms with van der Waals surface area (Å²) in [4.78, 5) is 39.9. The van der Waals surface area contributed by atoms with Crippen molar-refractivity contribution in [3.63, 3.8) is 0 Å². The molecule has 0 saturated heterocycles. The van der Waals surface area contributed by atoms with Gasteiger partial charge in [-0.1, -0.05) is 24.3 Å². The maximum atomic E-state index is 13.3. The summed E-state index contributed by atoms with van der Waals surface area (Å²) in [5.41, 5.74) is 4.48. The lowest BCUT2D eigenvalue weighted by molar-refractivity contribution is -0.384. The Morgan fingerprint density at radius 1 is 0.970 bits per heavy atom. The van der Waals surface area contributed by atoms with Crippen LogP contribution in [0.4, 0.5) is 22.7 Å². The van der Waals surface area contributed by atoms with Crippen LogP contribution in [-0.2, 0) is 17.6 Å². The lowest BCUT2D eigenvalue weighted by Crippen LogP contribution is -2.35. The normalized spacial score (nSPS) is 12.5. The van der Waals surface area contributed by atoms with Crippen molar-refractivity contribution in [1.82, 2.24) is 4.90 Å². The topological polar surface area (TPSA) is 95.8 Å². The third-order valence-electron chi connectivity index (χ3n) is 5.52. The zero-order chi connectivity index (χ0) is 23.5. The SMILES string of the molecule is CN(C)CC(=O)N1c2ccccc2CCc2ccc(NC(=O)c3ccc([N+](=O)[O-])cc3)cc21. The largest absolute Gasteiger partial charge is 0.322 e. The second kappa shape index (κ2) is 9.22. The van der Waals surface area contributed by atoms with Gasteiger partial charge in [0.2, 0.25) is 5.91 Å². The summed E-state index contributed by atoms with van der Waals surface area (Å²) in [5.74, 6) is -0.445. The Labute approximate surface area is 191 Å². The maximum Gasteiger partial charge on any atom is 0.269 e. The summed E-state index contributed by atoms with van der Waals surface area (Å²) in [7, 11) is 3.70. The Balaban J connectivity index is 1.68. The molecule has 1 aliphatic heterocycles. The fourth-order valence-electron chi connectivity index (χ4n) is 3.95. The van der Waals surface area contributed by atoms with Crippen LogP contribution >= 0.6 is 0 Å². The highest BCUT2D eigenvalue weighted by atomic mass is 16.6. The number of aryl methyl sites for hydroxylation is 2. The molecule has 8 nitrogen and oxygen atoms in total. The van der Waals surface area contributed by atoms with Gasteiger partial charge in [0.15, 0.2) is 0 Å². The zero-order valence-electron chi connectivity index (χ0n) is 18.4. The minimum Gasteiger partial charge on any atom is -0.322 e. The summed E-state index contributed by atoms with van der Waals surface area (Å²) in [6.45, 7) is 0.243. The van der Waals surface area contributed by atoms with Crippen LogP contribution < -0.4 is 10.2 Å². The third kappa shape index (κ3) is 4.75. The molecule has 1 aliphatic rings. The number of nitro groups is 1. The van der Waals surface area contributed by atoms with Gasteiger partial charge in [-0.05, 0) is 68.4 Å². The van der Waals surface area contributed by atoms with E-state index >= 15 is 0 Å². The molecule has 0 bridgehead atoms. The van der Waals surface area contributed by atoms with E-state index in [1.165, 1.54) is 24.3 Å². The van der Waals surface area contributed by atoms with Crippen molar-refractivity contribution in [2.75, 3.05) is 30.9 Å². The van der Waals surface area contributed by atoms with Crippen molar-refractivity contribution in [2.24, 2.45) is 0 Å². The van der Waals surface area contributed by atoms with E-state index in [0.29, 0.717) is 11.3 Å². The second-order valence-electron chi connectivity index (χ2n) is 8.20. The first-order valence-corrected chi connectivity index (χ1v) is 10.6. The third-order valence-corrected chi connectivity index (χ3v) is 5.52. The highest BCUT2D eigenvalue weighted by Crippen LogP contribution is 2.37. The smallest absolute Gasteiger partial charge is 0.269 e. The lowest BCUT2D eigenvalue weighted by atomic mass is 10.0. The van der Waals surface area contributed by atoms with Crippen LogP contribution in [0.2, 0.25) is 0 Å². The molecule has 3 aromatic rings. The number of non-ortho nitro benzene ring substituents is 1. The van der Waals surface area contributed by atoms with Crippen molar-refractivity contribution >= 4 is 34.6 Å². The minimum atomic E-state index is -0.509. The molecule has 1 N–H and O–H groups in total. The zero-order valence-corrected chi connectivity index (χ0v) is 18.4. The van der Waals surface area contributed by atoms with Crippen molar-refractivity contribution in [3.8, 4) is 0 Å². The molecular weight excluding hydrogens is 420 g/mol. The van der Waals surface area contributed by atoms with Gasteiger partial charge in [0.05, 0.1) is 22.8 Å². The minimum absolute atomic E-state index is 0.0607. The van der Waals surface area contributed by atoms with E-state index < -0.39 is 4.92 Å². The number of anilines is 3. The number of likely N-dealkylation sites (N-methyl/N-ethyl adjacent to an activating group) is 1. The van der Waals surface area contributed by atoms with Gasteiger partial charge in [0.1, 0.15) is 0 Å². The molecular formula is C25H24N4O4. The van der Waals surface area contributed by atoms with Gasteiger partial charge < -0.3 is 10.2 Å². The van der Waals surface area contributed by atoms with Crippen molar-refractivity contribution in [1.29, 1.82) is 0 Å². The number of rotatable bonds is 5. The summed E-state index contributed by atoms with van der Waals surface area (Å²) in [6, 6.07) is 18.9. The van der Waals surface area contributed by atoms with Gasteiger partial charge in [-0.15, -0.1) is 0 Å². The number of hydrogen-bond donors (Lipinski definition) is 1. The molecule has 2 amide bonds. The molecule has 0 spiro atoms. The van der Waals surface area contributed by atoms with E-state index in [4.69, 9.17) is 0 Å². The number of carbonyl (C=O) groups is 2. The van der Waals surface area contributed by atoms with E-state index in [1.807, 2.05) is 61.5 Å². The number of nitrogens with one attached hydrogen (secondary N) is 1. The second-order valence-corrected chi connectivity index (χ2v) is 8.20. The van der Waals surface area contributed by atoms with Gasteiger partial charge in [-0.3, -0.25) is 24.6 Å². The number of nitrogens with zero attached hydrogens (tertiary/aromatic N) is 3. The van der Waals surface area contributed by atoms with E-state index in [0.717, 1.165) is 35.3 Å². The molecule has 0 fully saturated rings.